The molecule has 1 unspecified atom stereocenters. The molecule has 2 aromatic rings. The van der Waals surface area contributed by atoms with Crippen molar-refractivity contribution in [3.63, 3.8) is 0 Å². The number of nitrogens with two attached hydrogens (primary N) is 1. The molecule has 1 aromatic heterocycles. The molecule has 0 saturated carbocycles. The van der Waals surface area contributed by atoms with E-state index in [9.17, 15) is 0 Å². The fourth-order valence-electron chi connectivity index (χ4n) is 1.86. The molecule has 100 valence electrons. The lowest BCUT2D eigenvalue weighted by atomic mass is 10.0. The predicted octanol–water partition coefficient (Wildman–Crippen LogP) is 1.85. The van der Waals surface area contributed by atoms with E-state index in [2.05, 4.69) is 9.97 Å². The maximum Gasteiger partial charge on any atom is 0.161 e. The summed E-state index contributed by atoms with van der Waals surface area (Å²) in [4.78, 5) is 8.41. The Balaban J connectivity index is 2.36. The van der Waals surface area contributed by atoms with Gasteiger partial charge in [-0.3, -0.25) is 0 Å². The van der Waals surface area contributed by atoms with Crippen molar-refractivity contribution in [3.8, 4) is 11.5 Å². The molecular formula is C14H17N3O2. The van der Waals surface area contributed by atoms with E-state index in [0.29, 0.717) is 17.3 Å². The number of hydrogen-bond donors (Lipinski definition) is 1. The van der Waals surface area contributed by atoms with Crippen LogP contribution in [0.1, 0.15) is 23.1 Å². The van der Waals surface area contributed by atoms with Crippen LogP contribution in [0.3, 0.4) is 0 Å². The summed E-state index contributed by atoms with van der Waals surface area (Å²) in [7, 11) is 3.20. The van der Waals surface area contributed by atoms with Gasteiger partial charge < -0.3 is 15.2 Å². The third-order valence-electron chi connectivity index (χ3n) is 2.88. The van der Waals surface area contributed by atoms with Gasteiger partial charge in [0, 0.05) is 6.20 Å². The highest BCUT2D eigenvalue weighted by molar-refractivity contribution is 5.45. The number of ether oxygens (including phenoxy) is 2. The van der Waals surface area contributed by atoms with Crippen LogP contribution in [-0.4, -0.2) is 24.2 Å². The highest BCUT2D eigenvalue weighted by atomic mass is 16.5. The molecule has 0 aliphatic carbocycles. The molecule has 1 atom stereocenters. The van der Waals surface area contributed by atoms with Crippen molar-refractivity contribution in [2.75, 3.05) is 14.2 Å². The molecule has 2 rings (SSSR count). The fraction of sp³-hybridized carbons (Fsp3) is 0.286. The van der Waals surface area contributed by atoms with Crippen molar-refractivity contribution >= 4 is 0 Å². The van der Waals surface area contributed by atoms with E-state index in [-0.39, 0.29) is 6.04 Å². The second-order valence-corrected chi connectivity index (χ2v) is 4.12. The molecule has 5 nitrogen and oxygen atoms in total. The number of methoxy groups -OCH3 is 2. The topological polar surface area (TPSA) is 70.3 Å². The summed E-state index contributed by atoms with van der Waals surface area (Å²) < 4.78 is 10.5. The Morgan fingerprint density at radius 3 is 2.47 bits per heavy atom. The van der Waals surface area contributed by atoms with Gasteiger partial charge >= 0.3 is 0 Å². The molecule has 0 amide bonds. The molecule has 19 heavy (non-hydrogen) atoms. The zero-order chi connectivity index (χ0) is 13.8. The fourth-order valence-corrected chi connectivity index (χ4v) is 1.86. The normalized spacial score (nSPS) is 12.0. The second-order valence-electron chi connectivity index (χ2n) is 4.12. The Labute approximate surface area is 112 Å². The number of hydrogen-bond acceptors (Lipinski definition) is 5. The molecule has 0 radical (unpaired) electrons. The standard InChI is InChI=1S/C14H17N3O2/c1-9-16-7-6-11(17-9)14(15)10-4-5-12(18-2)13(8-10)19-3/h4-8,14H,15H2,1-3H3. The van der Waals surface area contributed by atoms with E-state index >= 15 is 0 Å². The first kappa shape index (κ1) is 13.3. The molecule has 1 aromatic carbocycles. The first-order valence-electron chi connectivity index (χ1n) is 5.92. The van der Waals surface area contributed by atoms with Crippen molar-refractivity contribution in [3.05, 3.63) is 47.5 Å². The summed E-state index contributed by atoms with van der Waals surface area (Å²) in [5.41, 5.74) is 7.90. The van der Waals surface area contributed by atoms with Gasteiger partial charge in [-0.15, -0.1) is 0 Å². The Hall–Kier alpha value is -2.14. The Morgan fingerprint density at radius 2 is 1.84 bits per heavy atom. The lowest BCUT2D eigenvalue weighted by Gasteiger charge is -2.14. The minimum Gasteiger partial charge on any atom is -0.493 e. The van der Waals surface area contributed by atoms with Crippen LogP contribution in [0, 0.1) is 6.92 Å². The van der Waals surface area contributed by atoms with Crippen LogP contribution in [0.25, 0.3) is 0 Å². The van der Waals surface area contributed by atoms with Crippen LogP contribution in [0.4, 0.5) is 0 Å². The van der Waals surface area contributed by atoms with E-state index in [0.717, 1.165) is 11.3 Å². The van der Waals surface area contributed by atoms with Crippen LogP contribution >= 0.6 is 0 Å². The molecule has 0 saturated heterocycles. The smallest absolute Gasteiger partial charge is 0.161 e. The van der Waals surface area contributed by atoms with Crippen LogP contribution in [-0.2, 0) is 0 Å². The Morgan fingerprint density at radius 1 is 1.11 bits per heavy atom. The predicted molar refractivity (Wildman–Crippen MR) is 72.3 cm³/mol. The van der Waals surface area contributed by atoms with Gasteiger partial charge in [0.2, 0.25) is 0 Å². The largest absolute Gasteiger partial charge is 0.493 e. The van der Waals surface area contributed by atoms with Crippen LogP contribution < -0.4 is 15.2 Å². The average Bonchev–Trinajstić information content (AvgIpc) is 2.45. The number of aromatic nitrogens is 2. The SMILES string of the molecule is COc1ccc(C(N)c2ccnc(C)n2)cc1OC. The molecular weight excluding hydrogens is 242 g/mol. The summed E-state index contributed by atoms with van der Waals surface area (Å²) in [5, 5.41) is 0. The van der Waals surface area contributed by atoms with Crippen LogP contribution in [0.2, 0.25) is 0 Å². The van der Waals surface area contributed by atoms with Gasteiger partial charge in [-0.1, -0.05) is 6.07 Å². The van der Waals surface area contributed by atoms with Crippen LogP contribution in [0.5, 0.6) is 11.5 Å². The number of aryl methyl sites for hydroxylation is 1. The summed E-state index contributed by atoms with van der Waals surface area (Å²) in [6, 6.07) is 7.10. The first-order chi connectivity index (χ1) is 9.15. The van der Waals surface area contributed by atoms with E-state index in [1.807, 2.05) is 31.2 Å². The van der Waals surface area contributed by atoms with Crippen molar-refractivity contribution < 1.29 is 9.47 Å². The quantitative estimate of drug-likeness (QED) is 0.907. The second kappa shape index (κ2) is 5.67. The Kier molecular flexibility index (Phi) is 3.97. The van der Waals surface area contributed by atoms with Crippen molar-refractivity contribution in [1.82, 2.24) is 9.97 Å². The average molecular weight is 259 g/mol. The van der Waals surface area contributed by atoms with Gasteiger partial charge in [-0.2, -0.15) is 0 Å². The third kappa shape index (κ3) is 2.82. The first-order valence-corrected chi connectivity index (χ1v) is 5.92. The van der Waals surface area contributed by atoms with Crippen molar-refractivity contribution in [2.45, 2.75) is 13.0 Å². The molecule has 2 N–H and O–H groups in total. The van der Waals surface area contributed by atoms with Crippen molar-refractivity contribution in [1.29, 1.82) is 0 Å². The minimum atomic E-state index is -0.318. The highest BCUT2D eigenvalue weighted by Gasteiger charge is 2.13. The van der Waals surface area contributed by atoms with Gasteiger partial charge in [-0.25, -0.2) is 9.97 Å². The van der Waals surface area contributed by atoms with Gasteiger partial charge in [-0.05, 0) is 30.7 Å². The Bertz CT molecular complexity index is 572. The zero-order valence-corrected chi connectivity index (χ0v) is 11.3. The monoisotopic (exact) mass is 259 g/mol. The van der Waals surface area contributed by atoms with E-state index in [4.69, 9.17) is 15.2 Å². The molecule has 5 heteroatoms. The van der Waals surface area contributed by atoms with E-state index in [1.165, 1.54) is 0 Å². The van der Waals surface area contributed by atoms with Gasteiger partial charge in [0.05, 0.1) is 26.0 Å². The molecule has 0 aliphatic rings. The highest BCUT2D eigenvalue weighted by Crippen LogP contribution is 2.30. The van der Waals surface area contributed by atoms with Gasteiger partial charge in [0.15, 0.2) is 11.5 Å². The van der Waals surface area contributed by atoms with Crippen LogP contribution in [0.15, 0.2) is 30.5 Å². The van der Waals surface area contributed by atoms with Gasteiger partial charge in [0.25, 0.3) is 0 Å². The summed E-state index contributed by atoms with van der Waals surface area (Å²) in [6.07, 6.45) is 1.71. The van der Waals surface area contributed by atoms with Gasteiger partial charge in [0.1, 0.15) is 5.82 Å². The van der Waals surface area contributed by atoms with E-state index < -0.39 is 0 Å². The summed E-state index contributed by atoms with van der Waals surface area (Å²) >= 11 is 0. The molecule has 0 bridgehead atoms. The van der Waals surface area contributed by atoms with Crippen molar-refractivity contribution in [2.24, 2.45) is 5.73 Å². The number of benzene rings is 1. The number of rotatable bonds is 4. The third-order valence-corrected chi connectivity index (χ3v) is 2.88. The number of nitrogens with zero attached hydrogens (tertiary/aromatic N) is 2. The maximum atomic E-state index is 6.21. The zero-order valence-electron chi connectivity index (χ0n) is 11.3. The summed E-state index contributed by atoms with van der Waals surface area (Å²) in [6.45, 7) is 1.84. The molecule has 0 aliphatic heterocycles. The maximum absolute atomic E-state index is 6.21. The lowest BCUT2D eigenvalue weighted by Crippen LogP contribution is -2.14. The van der Waals surface area contributed by atoms with E-state index in [1.54, 1.807) is 20.4 Å². The lowest BCUT2D eigenvalue weighted by molar-refractivity contribution is 0.354. The molecule has 0 fully saturated rings. The summed E-state index contributed by atoms with van der Waals surface area (Å²) in [5.74, 6) is 2.03. The molecule has 1 heterocycles. The molecule has 0 spiro atoms. The minimum absolute atomic E-state index is 0.318.